The van der Waals surface area contributed by atoms with E-state index in [4.69, 9.17) is 0 Å². The van der Waals surface area contributed by atoms with Crippen molar-refractivity contribution in [2.75, 3.05) is 0 Å². The van der Waals surface area contributed by atoms with Crippen molar-refractivity contribution in [1.82, 2.24) is 22.8 Å². The first kappa shape index (κ1) is 41.1. The summed E-state index contributed by atoms with van der Waals surface area (Å²) in [5, 5.41) is 35.9. The quantitative estimate of drug-likeness (QED) is 0.172. The number of fused-ring (bicyclic) bond motifs is 15. The molecule has 75 heavy (non-hydrogen) atoms. The fraction of sp³-hybridized carbons (Fsp3) is 0. The van der Waals surface area contributed by atoms with Gasteiger partial charge in [0.15, 0.2) is 0 Å². The van der Waals surface area contributed by atoms with Crippen LogP contribution in [0.15, 0.2) is 237 Å². The van der Waals surface area contributed by atoms with Gasteiger partial charge in [0.1, 0.15) is 23.3 Å². The van der Waals surface area contributed by atoms with Crippen LogP contribution in [0, 0.1) is 22.7 Å². The van der Waals surface area contributed by atoms with Gasteiger partial charge in [0, 0.05) is 59.5 Å². The van der Waals surface area contributed by atoms with Crippen LogP contribution >= 0.6 is 0 Å². The molecule has 7 heteroatoms. The van der Waals surface area contributed by atoms with Gasteiger partial charge in [-0.1, -0.05) is 164 Å². The number of para-hydroxylation sites is 9. The Morgan fingerprint density at radius 2 is 0.427 bits per heavy atom. The minimum Gasteiger partial charge on any atom is -0.309 e. The molecule has 0 unspecified atom stereocenters. The lowest BCUT2D eigenvalue weighted by Crippen LogP contribution is -2.16. The topological polar surface area (TPSA) is 72.2 Å². The molecule has 0 saturated carbocycles. The van der Waals surface area contributed by atoms with E-state index in [0.717, 1.165) is 115 Å². The average Bonchev–Trinajstić information content (AvgIpc) is 4.31. The second-order valence-corrected chi connectivity index (χ2v) is 19.4. The first-order valence-corrected chi connectivity index (χ1v) is 25.2. The molecule has 0 amide bonds. The Labute approximate surface area is 428 Å². The second kappa shape index (κ2) is 15.5. The van der Waals surface area contributed by atoms with Crippen molar-refractivity contribution in [3.63, 3.8) is 0 Å². The molecule has 5 heterocycles. The minimum absolute atomic E-state index is 0.420. The summed E-state index contributed by atoms with van der Waals surface area (Å²) in [5.41, 5.74) is 13.9. The Morgan fingerprint density at radius 3 is 0.707 bits per heavy atom. The molecule has 0 spiro atoms. The van der Waals surface area contributed by atoms with Crippen LogP contribution in [0.3, 0.4) is 0 Å². The van der Waals surface area contributed by atoms with Gasteiger partial charge >= 0.3 is 0 Å². The third kappa shape index (κ3) is 5.45. The first-order chi connectivity index (χ1) is 37.2. The highest BCUT2D eigenvalue weighted by molar-refractivity contribution is 6.20. The van der Waals surface area contributed by atoms with Crippen molar-refractivity contribution in [1.29, 1.82) is 10.5 Å². The number of nitrogens with zero attached hydrogens (tertiary/aromatic N) is 7. The van der Waals surface area contributed by atoms with E-state index in [1.807, 2.05) is 0 Å². The molecule has 0 aliphatic heterocycles. The molecule has 346 valence electrons. The summed E-state index contributed by atoms with van der Waals surface area (Å²) in [6.45, 7) is 0. The molecular weight excluding hydrogens is 915 g/mol. The lowest BCUT2D eigenvalue weighted by atomic mass is 9.98. The normalized spacial score (nSPS) is 12.0. The van der Waals surface area contributed by atoms with Gasteiger partial charge in [-0.3, -0.25) is 0 Å². The van der Waals surface area contributed by atoms with Crippen LogP contribution in [0.5, 0.6) is 0 Å². The maximum absolute atomic E-state index is 12.7. The van der Waals surface area contributed by atoms with E-state index in [9.17, 15) is 10.5 Å². The van der Waals surface area contributed by atoms with Crippen LogP contribution in [0.4, 0.5) is 0 Å². The summed E-state index contributed by atoms with van der Waals surface area (Å²) >= 11 is 0. The molecule has 11 aromatic carbocycles. The van der Waals surface area contributed by atoms with E-state index in [0.29, 0.717) is 33.9 Å². The molecule has 0 aliphatic rings. The van der Waals surface area contributed by atoms with Crippen molar-refractivity contribution >= 4 is 109 Å². The van der Waals surface area contributed by atoms with Crippen molar-refractivity contribution in [3.05, 3.63) is 248 Å². The molecule has 7 nitrogen and oxygen atoms in total. The van der Waals surface area contributed by atoms with Crippen molar-refractivity contribution in [2.45, 2.75) is 0 Å². The number of nitriles is 2. The zero-order chi connectivity index (χ0) is 49.5. The van der Waals surface area contributed by atoms with Gasteiger partial charge in [0.05, 0.1) is 77.9 Å². The lowest BCUT2D eigenvalue weighted by Gasteiger charge is -2.27. The maximum Gasteiger partial charge on any atom is 0.104 e. The Hall–Kier alpha value is -10.6. The van der Waals surface area contributed by atoms with Crippen LogP contribution in [0.25, 0.3) is 137 Å². The third-order valence-electron chi connectivity index (χ3n) is 15.7. The zero-order valence-corrected chi connectivity index (χ0v) is 40.1. The fourth-order valence-corrected chi connectivity index (χ4v) is 12.8. The van der Waals surface area contributed by atoms with E-state index in [-0.39, 0.29) is 0 Å². The number of aromatic nitrogens is 5. The molecule has 0 fully saturated rings. The predicted octanol–water partition coefficient (Wildman–Crippen LogP) is 16.9. The van der Waals surface area contributed by atoms with Crippen molar-refractivity contribution in [3.8, 4) is 40.6 Å². The second-order valence-electron chi connectivity index (χ2n) is 19.4. The summed E-state index contributed by atoms with van der Waals surface area (Å²) in [6.07, 6.45) is 0. The van der Waals surface area contributed by atoms with Gasteiger partial charge in [-0.2, -0.15) is 10.5 Å². The van der Waals surface area contributed by atoms with Gasteiger partial charge in [0.2, 0.25) is 0 Å². The standard InChI is InChI=1S/C68H39N7/c69-40-53-65(72-56-31-13-4-22-43(56)44-23-5-14-32-57(44)72)66(73-58-33-15-6-24-45(58)46-25-7-16-34-59(46)73)54(41-70)68(67(53)74-60-35-17-8-26-47(60)48-27-9-18-36-61(48)74)75-62-37-19-11-29-50(62)52-38-63-51(39-64(52)75)49-28-10-12-30-55(49)71(63)42-20-2-1-3-21-42/h1-39H. The highest BCUT2D eigenvalue weighted by Gasteiger charge is 2.34. The van der Waals surface area contributed by atoms with E-state index in [2.05, 4.69) is 272 Å². The van der Waals surface area contributed by atoms with Gasteiger partial charge in [-0.05, 0) is 72.8 Å². The highest BCUT2D eigenvalue weighted by atomic mass is 15.1. The molecule has 0 radical (unpaired) electrons. The minimum atomic E-state index is 0.420. The third-order valence-corrected chi connectivity index (χ3v) is 15.7. The SMILES string of the molecule is N#Cc1c(-n2c3ccccc3c3ccccc32)c(-n2c3ccccc3c3ccccc32)c(C#N)c(-n2c3ccccc3c3cc4c(cc32)c2ccccc2n4-c2ccccc2)c1-n1c2ccccc2c2ccccc21. The highest BCUT2D eigenvalue weighted by Crippen LogP contribution is 2.49. The molecule has 0 bridgehead atoms. The fourth-order valence-electron chi connectivity index (χ4n) is 12.8. The first-order valence-electron chi connectivity index (χ1n) is 25.2. The van der Waals surface area contributed by atoms with Crippen LogP contribution in [0.1, 0.15) is 11.1 Å². The van der Waals surface area contributed by atoms with Crippen LogP contribution in [0.2, 0.25) is 0 Å². The summed E-state index contributed by atoms with van der Waals surface area (Å²) in [4.78, 5) is 0. The smallest absolute Gasteiger partial charge is 0.104 e. The number of hydrogen-bond acceptors (Lipinski definition) is 2. The van der Waals surface area contributed by atoms with E-state index >= 15 is 0 Å². The lowest BCUT2D eigenvalue weighted by molar-refractivity contribution is 1.02. The summed E-state index contributed by atoms with van der Waals surface area (Å²) < 4.78 is 11.4. The Kier molecular flexibility index (Phi) is 8.46. The van der Waals surface area contributed by atoms with Crippen LogP contribution in [-0.4, -0.2) is 22.8 Å². The Balaban J connectivity index is 1.20. The largest absolute Gasteiger partial charge is 0.309 e. The summed E-state index contributed by atoms with van der Waals surface area (Å²) in [7, 11) is 0. The number of benzene rings is 11. The van der Waals surface area contributed by atoms with Gasteiger partial charge in [-0.15, -0.1) is 0 Å². The molecule has 0 aliphatic carbocycles. The van der Waals surface area contributed by atoms with Crippen molar-refractivity contribution in [2.24, 2.45) is 0 Å². The number of rotatable bonds is 5. The van der Waals surface area contributed by atoms with E-state index in [1.54, 1.807) is 0 Å². The molecule has 16 rings (SSSR count). The number of hydrogen-bond donors (Lipinski definition) is 0. The molecule has 0 N–H and O–H groups in total. The van der Waals surface area contributed by atoms with Crippen LogP contribution < -0.4 is 0 Å². The molecule has 5 aromatic heterocycles. The molecule has 16 aromatic rings. The van der Waals surface area contributed by atoms with Gasteiger partial charge in [-0.25, -0.2) is 0 Å². The zero-order valence-electron chi connectivity index (χ0n) is 40.1. The van der Waals surface area contributed by atoms with Crippen LogP contribution in [-0.2, 0) is 0 Å². The molecule has 0 atom stereocenters. The molecule has 0 saturated heterocycles. The Morgan fingerprint density at radius 1 is 0.213 bits per heavy atom. The van der Waals surface area contributed by atoms with Crippen molar-refractivity contribution < 1.29 is 0 Å². The van der Waals surface area contributed by atoms with Gasteiger partial charge in [0.25, 0.3) is 0 Å². The van der Waals surface area contributed by atoms with E-state index < -0.39 is 0 Å². The summed E-state index contributed by atoms with van der Waals surface area (Å²) in [6, 6.07) is 88.8. The maximum atomic E-state index is 12.7. The average molecular weight is 954 g/mol. The van der Waals surface area contributed by atoms with E-state index in [1.165, 1.54) is 0 Å². The molecular formula is C68H39N7. The Bertz CT molecular complexity index is 5060. The monoisotopic (exact) mass is 953 g/mol. The van der Waals surface area contributed by atoms with Gasteiger partial charge < -0.3 is 22.8 Å². The predicted molar refractivity (Wildman–Crippen MR) is 308 cm³/mol. The summed E-state index contributed by atoms with van der Waals surface area (Å²) in [5.74, 6) is 0.